The van der Waals surface area contributed by atoms with Gasteiger partial charge in [-0.25, -0.2) is 0 Å². The molecule has 0 aliphatic heterocycles. The van der Waals surface area contributed by atoms with E-state index < -0.39 is 50.8 Å². The average molecular weight is 846 g/mol. The van der Waals surface area contributed by atoms with Gasteiger partial charge in [-0.05, 0) is 38.0 Å². The molecule has 0 heterocycles. The number of nitrogens with zero attached hydrogens (tertiary/aromatic N) is 1. The number of esters is 2. The predicted molar refractivity (Wildman–Crippen MR) is 229 cm³/mol. The lowest BCUT2D eigenvalue weighted by Gasteiger charge is -2.28. The monoisotopic (exact) mass is 846 g/mol. The Bertz CT molecular complexity index is 1160. The normalized spacial score (nSPS) is 20.8. The van der Waals surface area contributed by atoms with Gasteiger partial charge in [-0.1, -0.05) is 141 Å². The summed E-state index contributed by atoms with van der Waals surface area (Å²) in [7, 11) is 1.04. The van der Waals surface area contributed by atoms with Crippen molar-refractivity contribution in [1.29, 1.82) is 0 Å². The highest BCUT2D eigenvalue weighted by Crippen LogP contribution is 2.38. The zero-order chi connectivity index (χ0) is 43.1. The molecule has 12 nitrogen and oxygen atoms in total. The van der Waals surface area contributed by atoms with Crippen molar-refractivity contribution in [3.05, 3.63) is 24.3 Å². The van der Waals surface area contributed by atoms with Gasteiger partial charge in [-0.15, -0.1) is 0 Å². The van der Waals surface area contributed by atoms with E-state index in [1.807, 2.05) is 39.4 Å². The van der Waals surface area contributed by atoms with Gasteiger partial charge in [0.2, 0.25) is 0 Å². The molecular weight excluding hydrogens is 761 g/mol. The number of aliphatic hydroxyl groups is 3. The first-order valence-electron chi connectivity index (χ1n) is 22.8. The molecule has 58 heavy (non-hydrogen) atoms. The lowest BCUT2D eigenvalue weighted by atomic mass is 9.89. The Morgan fingerprint density at radius 1 is 0.759 bits per heavy atom. The third-order valence-electron chi connectivity index (χ3n) is 10.8. The third kappa shape index (κ3) is 29.6. The van der Waals surface area contributed by atoms with Crippen molar-refractivity contribution in [2.24, 2.45) is 11.8 Å². The minimum atomic E-state index is -4.68. The summed E-state index contributed by atoms with van der Waals surface area (Å²) in [6.07, 6.45) is 27.3. The second kappa shape index (κ2) is 33.1. The number of hydrogen-bond acceptors (Lipinski definition) is 11. The number of quaternary nitrogens is 1. The van der Waals surface area contributed by atoms with Gasteiger partial charge in [-0.2, -0.15) is 0 Å². The average Bonchev–Trinajstić information content (AvgIpc) is 3.43. The summed E-state index contributed by atoms with van der Waals surface area (Å²) >= 11 is 0. The van der Waals surface area contributed by atoms with E-state index in [1.165, 1.54) is 64.2 Å². The molecule has 0 saturated heterocycles. The summed E-state index contributed by atoms with van der Waals surface area (Å²) in [6.45, 7) is 3.85. The van der Waals surface area contributed by atoms with Gasteiger partial charge in [0, 0.05) is 25.2 Å². The molecule has 0 aromatic rings. The smallest absolute Gasteiger partial charge is 0.306 e. The van der Waals surface area contributed by atoms with E-state index in [1.54, 1.807) is 6.08 Å². The van der Waals surface area contributed by atoms with Crippen molar-refractivity contribution in [1.82, 2.24) is 0 Å². The maximum absolute atomic E-state index is 12.7. The number of aliphatic hydroxyl groups excluding tert-OH is 3. The van der Waals surface area contributed by atoms with E-state index in [0.717, 1.165) is 38.5 Å². The quantitative estimate of drug-likeness (QED) is 0.0180. The maximum atomic E-state index is 12.7. The van der Waals surface area contributed by atoms with Crippen molar-refractivity contribution in [3.63, 3.8) is 0 Å². The Morgan fingerprint density at radius 2 is 1.33 bits per heavy atom. The molecule has 0 aromatic carbocycles. The molecule has 1 rings (SSSR count). The topological polar surface area (TPSA) is 172 Å². The van der Waals surface area contributed by atoms with Crippen LogP contribution in [0.15, 0.2) is 24.3 Å². The standard InChI is InChI=1S/C45H84NO11P/c1-6-8-10-11-12-13-14-15-16-17-18-19-20-26-30-45(51)57-39(37-56-58(52,53)55-34-33-46(3,4)5)36-54-44(50)29-25-22-21-24-28-40-41(43(49)35-42(40)48)32-31-38(47)27-23-9-7-2/h21,24,31-32,38-43,47-49H,6-20,22-23,25-30,33-37H2,1-5H3/b24-21+,32-31+/t38-,39+,40+,41+,42-,43+/m0/s1. The fraction of sp³-hybridized carbons (Fsp3) is 0.867. The van der Waals surface area contributed by atoms with Crippen molar-refractivity contribution < 1.29 is 57.4 Å². The van der Waals surface area contributed by atoms with Crippen LogP contribution in [-0.2, 0) is 32.7 Å². The lowest BCUT2D eigenvalue weighted by Crippen LogP contribution is -2.37. The van der Waals surface area contributed by atoms with Gasteiger partial charge in [0.1, 0.15) is 19.8 Å². The number of allylic oxidation sites excluding steroid dienone is 2. The van der Waals surface area contributed by atoms with Crippen LogP contribution in [0.25, 0.3) is 0 Å². The van der Waals surface area contributed by atoms with Gasteiger partial charge in [-0.3, -0.25) is 14.2 Å². The predicted octanol–water partition coefficient (Wildman–Crippen LogP) is 8.49. The van der Waals surface area contributed by atoms with Crippen LogP contribution in [0.5, 0.6) is 0 Å². The molecule has 0 radical (unpaired) electrons. The SMILES string of the molecule is CCCCCCCCCCCCCCCCC(=O)O[C@H](COC(=O)CCC/C=C/C[C@@H]1[C@@H](/C=C/[C@@H](O)CCCCC)[C@H](O)C[C@@H]1O)COP(=O)([O-])OCC[N+](C)(C)C. The van der Waals surface area contributed by atoms with Gasteiger partial charge in [0.25, 0.3) is 7.82 Å². The van der Waals surface area contributed by atoms with E-state index in [-0.39, 0.29) is 37.9 Å². The Balaban J connectivity index is 2.49. The molecule has 0 amide bonds. The fourth-order valence-corrected chi connectivity index (χ4v) is 7.85. The summed E-state index contributed by atoms with van der Waals surface area (Å²) in [4.78, 5) is 37.7. The number of hydrogen-bond donors (Lipinski definition) is 3. The molecular formula is C45H84NO11P. The molecule has 7 atom stereocenters. The summed E-state index contributed by atoms with van der Waals surface area (Å²) in [5.74, 6) is -1.42. The zero-order valence-corrected chi connectivity index (χ0v) is 38.0. The maximum Gasteiger partial charge on any atom is 0.306 e. The first kappa shape index (κ1) is 54.4. The molecule has 0 bridgehead atoms. The number of rotatable bonds is 37. The molecule has 13 heteroatoms. The van der Waals surface area contributed by atoms with Gasteiger partial charge in [0.05, 0.1) is 46.1 Å². The molecule has 1 unspecified atom stereocenters. The van der Waals surface area contributed by atoms with E-state index in [2.05, 4.69) is 13.8 Å². The highest BCUT2D eigenvalue weighted by atomic mass is 31.2. The van der Waals surface area contributed by atoms with Crippen molar-refractivity contribution in [2.45, 2.75) is 192 Å². The van der Waals surface area contributed by atoms with Crippen LogP contribution >= 0.6 is 7.82 Å². The second-order valence-corrected chi connectivity index (χ2v) is 18.8. The molecule has 340 valence electrons. The van der Waals surface area contributed by atoms with Crippen LogP contribution in [0.3, 0.4) is 0 Å². The highest BCUT2D eigenvalue weighted by Gasteiger charge is 2.39. The van der Waals surface area contributed by atoms with Crippen molar-refractivity contribution >= 4 is 19.8 Å². The summed E-state index contributed by atoms with van der Waals surface area (Å²) in [5.41, 5.74) is 0. The van der Waals surface area contributed by atoms with Gasteiger partial charge < -0.3 is 43.2 Å². The number of phosphoric ester groups is 1. The van der Waals surface area contributed by atoms with Crippen LogP contribution < -0.4 is 4.89 Å². The van der Waals surface area contributed by atoms with Crippen molar-refractivity contribution in [3.8, 4) is 0 Å². The number of unbranched alkanes of at least 4 members (excludes halogenated alkanes) is 16. The number of ether oxygens (including phenoxy) is 2. The summed E-state index contributed by atoms with van der Waals surface area (Å²) < 4.78 is 33.9. The molecule has 0 aromatic heterocycles. The fourth-order valence-electron chi connectivity index (χ4n) is 7.12. The molecule has 1 aliphatic carbocycles. The molecule has 1 fully saturated rings. The van der Waals surface area contributed by atoms with E-state index in [4.69, 9.17) is 18.5 Å². The zero-order valence-electron chi connectivity index (χ0n) is 37.1. The Labute approximate surface area is 352 Å². The third-order valence-corrected chi connectivity index (χ3v) is 11.8. The largest absolute Gasteiger partial charge is 0.756 e. The van der Waals surface area contributed by atoms with Crippen molar-refractivity contribution in [2.75, 3.05) is 47.5 Å². The van der Waals surface area contributed by atoms with Crippen LogP contribution in [-0.4, -0.2) is 104 Å². The Kier molecular flexibility index (Phi) is 31.0. The second-order valence-electron chi connectivity index (χ2n) is 17.4. The first-order valence-corrected chi connectivity index (χ1v) is 24.3. The van der Waals surface area contributed by atoms with E-state index in [9.17, 15) is 34.4 Å². The Hall–Kier alpha value is -1.63. The summed E-state index contributed by atoms with van der Waals surface area (Å²) in [6, 6.07) is 0. The minimum Gasteiger partial charge on any atom is -0.756 e. The van der Waals surface area contributed by atoms with E-state index >= 15 is 0 Å². The van der Waals surface area contributed by atoms with E-state index in [0.29, 0.717) is 49.6 Å². The van der Waals surface area contributed by atoms with Crippen LogP contribution in [0.2, 0.25) is 0 Å². The molecule has 0 spiro atoms. The van der Waals surface area contributed by atoms with Crippen LogP contribution in [0.1, 0.15) is 168 Å². The number of carbonyl (C=O) groups is 2. The molecule has 1 saturated carbocycles. The van der Waals surface area contributed by atoms with Crippen LogP contribution in [0, 0.1) is 11.8 Å². The minimum absolute atomic E-state index is 0.0680. The van der Waals surface area contributed by atoms with Gasteiger partial charge >= 0.3 is 11.9 Å². The summed E-state index contributed by atoms with van der Waals surface area (Å²) in [5, 5.41) is 31.3. The Morgan fingerprint density at radius 3 is 1.93 bits per heavy atom. The highest BCUT2D eigenvalue weighted by molar-refractivity contribution is 7.45. The van der Waals surface area contributed by atoms with Crippen LogP contribution in [0.4, 0.5) is 0 Å². The molecule has 3 N–H and O–H groups in total. The number of carbonyl (C=O) groups excluding carboxylic acids is 2. The lowest BCUT2D eigenvalue weighted by molar-refractivity contribution is -0.870. The van der Waals surface area contributed by atoms with Gasteiger partial charge in [0.15, 0.2) is 6.10 Å². The molecule has 1 aliphatic rings. The number of likely N-dealkylation sites (N-methyl/N-ethyl adjacent to an activating group) is 1. The number of phosphoric acid groups is 1. The first-order chi connectivity index (χ1) is 27.7.